The van der Waals surface area contributed by atoms with Gasteiger partial charge in [0.25, 0.3) is 10.0 Å². The average molecular weight is 545 g/mol. The molecule has 0 saturated carbocycles. The topological polar surface area (TPSA) is 124 Å². The largest absolute Gasteiger partial charge is 0.490 e. The standard InChI is InChI=1S/C23H30N2O4S.C2HF3O2/c1-16(2)14-18-4-7-20(8-5-18)30(28,29)24-21-15-19(23(26)27)6-9-22(21)25-12-10-17(3)11-13-25;3-2(4,5)1(6)7/h4-9,15-17,24H,10-14H2,1-3H3,(H,26,27);(H,6,7). The van der Waals surface area contributed by atoms with Crippen LogP contribution in [0.1, 0.15) is 49.5 Å². The summed E-state index contributed by atoms with van der Waals surface area (Å²) in [6.07, 6.45) is -2.17. The van der Waals surface area contributed by atoms with E-state index in [0.717, 1.165) is 37.9 Å². The number of carboxylic acid groups (broad SMARTS) is 2. The lowest BCUT2D eigenvalue weighted by Crippen LogP contribution is -2.33. The molecule has 1 saturated heterocycles. The molecule has 0 atom stereocenters. The van der Waals surface area contributed by atoms with Crippen LogP contribution in [0.4, 0.5) is 24.5 Å². The van der Waals surface area contributed by atoms with Crippen molar-refractivity contribution in [2.75, 3.05) is 22.7 Å². The number of nitrogens with zero attached hydrogens (tertiary/aromatic N) is 1. The van der Waals surface area contributed by atoms with Gasteiger partial charge in [-0.1, -0.05) is 32.9 Å². The number of carbonyl (C=O) groups is 2. The molecule has 204 valence electrons. The van der Waals surface area contributed by atoms with Crippen molar-refractivity contribution in [3.63, 3.8) is 0 Å². The lowest BCUT2D eigenvalue weighted by atomic mass is 9.98. The van der Waals surface area contributed by atoms with E-state index in [-0.39, 0.29) is 10.5 Å². The lowest BCUT2D eigenvalue weighted by molar-refractivity contribution is -0.192. The van der Waals surface area contributed by atoms with Crippen molar-refractivity contribution >= 4 is 33.3 Å². The number of halogens is 3. The molecule has 0 amide bonds. The highest BCUT2D eigenvalue weighted by Gasteiger charge is 2.38. The summed E-state index contributed by atoms with van der Waals surface area (Å²) in [5, 5.41) is 16.5. The molecule has 0 radical (unpaired) electrons. The summed E-state index contributed by atoms with van der Waals surface area (Å²) in [6.45, 7) is 8.06. The zero-order valence-corrected chi connectivity index (χ0v) is 21.6. The van der Waals surface area contributed by atoms with Crippen LogP contribution in [0.15, 0.2) is 47.4 Å². The molecular formula is C25H31F3N2O6S. The van der Waals surface area contributed by atoms with E-state index in [9.17, 15) is 31.5 Å². The maximum Gasteiger partial charge on any atom is 0.490 e. The molecule has 0 bridgehead atoms. The van der Waals surface area contributed by atoms with E-state index in [2.05, 4.69) is 30.4 Å². The van der Waals surface area contributed by atoms with Crippen LogP contribution in [0.5, 0.6) is 0 Å². The fraction of sp³-hybridized carbons (Fsp3) is 0.440. The number of carboxylic acids is 2. The molecule has 37 heavy (non-hydrogen) atoms. The molecule has 1 fully saturated rings. The van der Waals surface area contributed by atoms with E-state index >= 15 is 0 Å². The molecule has 1 heterocycles. The predicted molar refractivity (Wildman–Crippen MR) is 133 cm³/mol. The van der Waals surface area contributed by atoms with Gasteiger partial charge in [-0.3, -0.25) is 4.72 Å². The molecule has 2 aromatic rings. The first kappa shape index (κ1) is 29.9. The Morgan fingerprint density at radius 3 is 2.05 bits per heavy atom. The molecule has 3 rings (SSSR count). The summed E-state index contributed by atoms with van der Waals surface area (Å²) >= 11 is 0. The van der Waals surface area contributed by atoms with E-state index < -0.39 is 28.1 Å². The quantitative estimate of drug-likeness (QED) is 0.435. The van der Waals surface area contributed by atoms with Crippen LogP contribution in [0.25, 0.3) is 0 Å². The first-order valence-corrected chi connectivity index (χ1v) is 13.1. The predicted octanol–water partition coefficient (Wildman–Crippen LogP) is 5.25. The third kappa shape index (κ3) is 8.96. The van der Waals surface area contributed by atoms with Gasteiger partial charge in [-0.15, -0.1) is 0 Å². The van der Waals surface area contributed by atoms with Crippen molar-refractivity contribution in [3.8, 4) is 0 Å². The Morgan fingerprint density at radius 2 is 1.59 bits per heavy atom. The molecule has 0 spiro atoms. The summed E-state index contributed by atoms with van der Waals surface area (Å²) in [5.41, 5.74) is 2.15. The molecule has 0 aliphatic carbocycles. The Bertz CT molecular complexity index is 1190. The number of alkyl halides is 3. The molecular weight excluding hydrogens is 513 g/mol. The number of anilines is 2. The number of sulfonamides is 1. The Labute approximate surface area is 214 Å². The first-order valence-electron chi connectivity index (χ1n) is 11.6. The van der Waals surface area contributed by atoms with Gasteiger partial charge in [0.15, 0.2) is 0 Å². The number of hydrogen-bond donors (Lipinski definition) is 3. The fourth-order valence-corrected chi connectivity index (χ4v) is 4.82. The maximum absolute atomic E-state index is 13.0. The van der Waals surface area contributed by atoms with Gasteiger partial charge in [-0.25, -0.2) is 18.0 Å². The van der Waals surface area contributed by atoms with Gasteiger partial charge >= 0.3 is 18.1 Å². The van der Waals surface area contributed by atoms with Gasteiger partial charge in [0.1, 0.15) is 0 Å². The number of benzene rings is 2. The van der Waals surface area contributed by atoms with Crippen LogP contribution in [0.2, 0.25) is 0 Å². The smallest absolute Gasteiger partial charge is 0.478 e. The lowest BCUT2D eigenvalue weighted by Gasteiger charge is -2.33. The molecule has 2 aromatic carbocycles. The second-order valence-corrected chi connectivity index (χ2v) is 11.0. The third-order valence-electron chi connectivity index (χ3n) is 5.73. The van der Waals surface area contributed by atoms with E-state index in [1.165, 1.54) is 12.1 Å². The third-order valence-corrected chi connectivity index (χ3v) is 7.11. The van der Waals surface area contributed by atoms with Crippen molar-refractivity contribution in [1.82, 2.24) is 0 Å². The van der Waals surface area contributed by atoms with Gasteiger partial charge in [0.05, 0.1) is 21.8 Å². The van der Waals surface area contributed by atoms with Crippen molar-refractivity contribution in [3.05, 3.63) is 53.6 Å². The Hall–Kier alpha value is -3.28. The van der Waals surface area contributed by atoms with Crippen LogP contribution in [0, 0.1) is 11.8 Å². The highest BCUT2D eigenvalue weighted by atomic mass is 32.2. The number of piperidine rings is 1. The van der Waals surface area contributed by atoms with E-state index in [4.69, 9.17) is 9.90 Å². The van der Waals surface area contributed by atoms with Crippen LogP contribution in [0.3, 0.4) is 0 Å². The molecule has 3 N–H and O–H groups in total. The van der Waals surface area contributed by atoms with Crippen LogP contribution in [-0.4, -0.2) is 49.8 Å². The zero-order chi connectivity index (χ0) is 28.0. The number of hydrogen-bond acceptors (Lipinski definition) is 5. The van der Waals surface area contributed by atoms with Crippen LogP contribution in [-0.2, 0) is 21.2 Å². The minimum absolute atomic E-state index is 0.0501. The van der Waals surface area contributed by atoms with Gasteiger partial charge in [-0.05, 0) is 67.0 Å². The maximum atomic E-state index is 13.0. The molecule has 12 heteroatoms. The highest BCUT2D eigenvalue weighted by Crippen LogP contribution is 2.32. The van der Waals surface area contributed by atoms with Crippen LogP contribution < -0.4 is 9.62 Å². The molecule has 0 aromatic heterocycles. The van der Waals surface area contributed by atoms with E-state index in [0.29, 0.717) is 23.2 Å². The van der Waals surface area contributed by atoms with Crippen LogP contribution >= 0.6 is 0 Å². The second-order valence-electron chi connectivity index (χ2n) is 9.36. The molecule has 0 unspecified atom stereocenters. The first-order chi connectivity index (χ1) is 17.1. The molecule has 8 nitrogen and oxygen atoms in total. The number of aliphatic carboxylic acids is 1. The van der Waals surface area contributed by atoms with Crippen molar-refractivity contribution in [2.45, 2.75) is 51.1 Å². The monoisotopic (exact) mass is 544 g/mol. The zero-order valence-electron chi connectivity index (χ0n) is 20.7. The number of aromatic carboxylic acids is 1. The minimum Gasteiger partial charge on any atom is -0.478 e. The molecule has 1 aliphatic heterocycles. The van der Waals surface area contributed by atoms with E-state index in [1.807, 2.05) is 12.1 Å². The number of nitrogens with one attached hydrogen (secondary N) is 1. The second kappa shape index (κ2) is 12.3. The summed E-state index contributed by atoms with van der Waals surface area (Å²) in [6, 6.07) is 11.5. The highest BCUT2D eigenvalue weighted by molar-refractivity contribution is 7.92. The van der Waals surface area contributed by atoms with Crippen molar-refractivity contribution in [1.29, 1.82) is 0 Å². The van der Waals surface area contributed by atoms with Gasteiger partial charge < -0.3 is 15.1 Å². The van der Waals surface area contributed by atoms with Crippen molar-refractivity contribution in [2.24, 2.45) is 11.8 Å². The summed E-state index contributed by atoms with van der Waals surface area (Å²) in [4.78, 5) is 22.6. The average Bonchev–Trinajstić information content (AvgIpc) is 2.79. The SMILES string of the molecule is CC(C)Cc1ccc(S(=O)(=O)Nc2cc(C(=O)O)ccc2N2CCC(C)CC2)cc1.O=C(O)C(F)(F)F. The summed E-state index contributed by atoms with van der Waals surface area (Å²) < 4.78 is 60.4. The van der Waals surface area contributed by atoms with E-state index in [1.54, 1.807) is 18.2 Å². The van der Waals surface area contributed by atoms with Gasteiger partial charge in [-0.2, -0.15) is 13.2 Å². The molecule has 1 aliphatic rings. The van der Waals surface area contributed by atoms with Gasteiger partial charge in [0, 0.05) is 13.1 Å². The Morgan fingerprint density at radius 1 is 1.05 bits per heavy atom. The number of rotatable bonds is 7. The normalized spacial score (nSPS) is 14.6. The minimum atomic E-state index is -5.08. The fourth-order valence-electron chi connectivity index (χ4n) is 3.76. The van der Waals surface area contributed by atoms with Gasteiger partial charge in [0.2, 0.25) is 0 Å². The summed E-state index contributed by atoms with van der Waals surface area (Å²) in [7, 11) is -3.84. The Balaban J connectivity index is 0.000000604. The van der Waals surface area contributed by atoms with Crippen molar-refractivity contribution < 1.29 is 41.4 Å². The Kier molecular flexibility index (Phi) is 9.96. The summed E-state index contributed by atoms with van der Waals surface area (Å²) in [5.74, 6) is -2.73.